The minimum atomic E-state index is -0.515. The molecule has 0 rings (SSSR count). The highest BCUT2D eigenvalue weighted by molar-refractivity contribution is 5.72. The van der Waals surface area contributed by atoms with Crippen LogP contribution in [0.5, 0.6) is 0 Å². The standard InChI is InChI=1S/C38H74O16/c1-6-8-9-35(7-2)37(40)53-33-32-51-29-28-49-25-24-47-21-20-45-17-16-43-13-12-41-10-11-42-14-15-44-18-19-46-22-23-48-26-27-50-30-31-52-34-36(39)54-38(3,4)5/h35H,6-34H2,1-5H3. The molecule has 0 aliphatic heterocycles. The van der Waals surface area contributed by atoms with Gasteiger partial charge in [0.1, 0.15) is 18.8 Å². The molecule has 0 aliphatic carbocycles. The predicted molar refractivity (Wildman–Crippen MR) is 200 cm³/mol. The fourth-order valence-corrected chi connectivity index (χ4v) is 4.20. The fourth-order valence-electron chi connectivity index (χ4n) is 4.20. The number of hydrogen-bond donors (Lipinski definition) is 0. The molecule has 0 saturated heterocycles. The maximum atomic E-state index is 12.0. The van der Waals surface area contributed by atoms with E-state index in [1.807, 2.05) is 27.7 Å². The lowest BCUT2D eigenvalue weighted by molar-refractivity contribution is -0.160. The largest absolute Gasteiger partial charge is 0.463 e. The molecule has 0 saturated carbocycles. The van der Waals surface area contributed by atoms with E-state index in [2.05, 4.69) is 6.92 Å². The first-order chi connectivity index (χ1) is 26.3. The van der Waals surface area contributed by atoms with E-state index in [4.69, 9.17) is 66.3 Å². The monoisotopic (exact) mass is 786 g/mol. The molecule has 0 heterocycles. The molecule has 0 N–H and O–H groups in total. The van der Waals surface area contributed by atoms with Gasteiger partial charge >= 0.3 is 11.9 Å². The Kier molecular flexibility index (Phi) is 39.9. The highest BCUT2D eigenvalue weighted by atomic mass is 16.6. The van der Waals surface area contributed by atoms with Crippen LogP contribution in [0.15, 0.2) is 0 Å². The van der Waals surface area contributed by atoms with E-state index in [1.54, 1.807) is 0 Å². The second-order valence-electron chi connectivity index (χ2n) is 12.8. The van der Waals surface area contributed by atoms with Gasteiger partial charge in [0.2, 0.25) is 0 Å². The quantitative estimate of drug-likeness (QED) is 0.0653. The highest BCUT2D eigenvalue weighted by Gasteiger charge is 2.17. The van der Waals surface area contributed by atoms with E-state index >= 15 is 0 Å². The Balaban J connectivity index is 3.17. The summed E-state index contributed by atoms with van der Waals surface area (Å²) in [4.78, 5) is 23.5. The number of carbonyl (C=O) groups is 2. The van der Waals surface area contributed by atoms with Gasteiger partial charge in [-0.25, -0.2) is 4.79 Å². The summed E-state index contributed by atoms with van der Waals surface area (Å²) in [6, 6.07) is 0. The van der Waals surface area contributed by atoms with Crippen LogP contribution in [0, 0.1) is 5.92 Å². The van der Waals surface area contributed by atoms with Crippen LogP contribution in [0.3, 0.4) is 0 Å². The minimum Gasteiger partial charge on any atom is -0.463 e. The zero-order valence-corrected chi connectivity index (χ0v) is 34.1. The number of esters is 2. The van der Waals surface area contributed by atoms with E-state index in [-0.39, 0.29) is 31.1 Å². The molecule has 0 bridgehead atoms. The van der Waals surface area contributed by atoms with E-state index in [1.165, 1.54) is 0 Å². The minimum absolute atomic E-state index is 0.00906. The van der Waals surface area contributed by atoms with Crippen molar-refractivity contribution in [3.63, 3.8) is 0 Å². The van der Waals surface area contributed by atoms with Crippen LogP contribution < -0.4 is 0 Å². The Bertz CT molecular complexity index is 798. The third-order valence-electron chi connectivity index (χ3n) is 6.94. The SMILES string of the molecule is CCCCC(CC)C(=O)OCCOCCOCCOCCOCCOCCOCCOCCOCCOCCOCCOCCOCC(=O)OC(C)(C)C. The molecule has 0 fully saturated rings. The van der Waals surface area contributed by atoms with Crippen molar-refractivity contribution < 1.29 is 75.9 Å². The molecule has 1 unspecified atom stereocenters. The molecule has 16 nitrogen and oxygen atoms in total. The zero-order valence-electron chi connectivity index (χ0n) is 34.1. The average Bonchev–Trinajstić information content (AvgIpc) is 3.14. The van der Waals surface area contributed by atoms with Crippen LogP contribution in [0.4, 0.5) is 0 Å². The van der Waals surface area contributed by atoms with E-state index < -0.39 is 5.60 Å². The normalized spacial score (nSPS) is 12.3. The van der Waals surface area contributed by atoms with Crippen molar-refractivity contribution >= 4 is 11.9 Å². The lowest BCUT2D eigenvalue weighted by Gasteiger charge is -2.19. The molecule has 0 aromatic heterocycles. The molecule has 1 atom stereocenters. The molecular formula is C38H74O16. The van der Waals surface area contributed by atoms with Gasteiger partial charge in [-0.05, 0) is 33.6 Å². The lowest BCUT2D eigenvalue weighted by atomic mass is 10.00. The van der Waals surface area contributed by atoms with Crippen LogP contribution in [-0.4, -0.2) is 183 Å². The lowest BCUT2D eigenvalue weighted by Crippen LogP contribution is -2.27. The summed E-state index contributed by atoms with van der Waals surface area (Å²) in [6.45, 7) is 20.3. The van der Waals surface area contributed by atoms with Crippen molar-refractivity contribution in [2.24, 2.45) is 5.92 Å². The van der Waals surface area contributed by atoms with Crippen molar-refractivity contribution in [3.05, 3.63) is 0 Å². The molecule has 0 aromatic carbocycles. The summed E-state index contributed by atoms with van der Waals surface area (Å²) < 4.78 is 75.8. The van der Waals surface area contributed by atoms with Crippen molar-refractivity contribution in [1.82, 2.24) is 0 Å². The van der Waals surface area contributed by atoms with Gasteiger partial charge in [0.05, 0.1) is 158 Å². The van der Waals surface area contributed by atoms with Gasteiger partial charge in [-0.2, -0.15) is 0 Å². The number of unbranched alkanes of at least 4 members (excludes halogenated alkanes) is 1. The van der Waals surface area contributed by atoms with Gasteiger partial charge in [-0.15, -0.1) is 0 Å². The zero-order chi connectivity index (χ0) is 39.6. The Morgan fingerprint density at radius 2 is 0.704 bits per heavy atom. The number of hydrogen-bond acceptors (Lipinski definition) is 16. The molecular weight excluding hydrogens is 712 g/mol. The van der Waals surface area contributed by atoms with Gasteiger partial charge in [0.25, 0.3) is 0 Å². The maximum Gasteiger partial charge on any atom is 0.332 e. The van der Waals surface area contributed by atoms with Gasteiger partial charge in [-0.3, -0.25) is 4.79 Å². The van der Waals surface area contributed by atoms with Crippen LogP contribution in [-0.2, 0) is 75.9 Å². The first-order valence-electron chi connectivity index (χ1n) is 19.6. The van der Waals surface area contributed by atoms with Gasteiger partial charge in [-0.1, -0.05) is 26.7 Å². The highest BCUT2D eigenvalue weighted by Crippen LogP contribution is 2.14. The van der Waals surface area contributed by atoms with Crippen molar-refractivity contribution in [2.75, 3.05) is 165 Å². The Hall–Kier alpha value is -1.54. The second kappa shape index (κ2) is 41.1. The van der Waals surface area contributed by atoms with Crippen LogP contribution in [0.2, 0.25) is 0 Å². The average molecular weight is 787 g/mol. The van der Waals surface area contributed by atoms with Gasteiger partial charge < -0.3 is 66.3 Å². The van der Waals surface area contributed by atoms with E-state index in [0.717, 1.165) is 25.7 Å². The number of carbonyl (C=O) groups excluding carboxylic acids is 2. The molecule has 0 aliphatic rings. The summed E-state index contributed by atoms with van der Waals surface area (Å²) in [5.41, 5.74) is -0.515. The maximum absolute atomic E-state index is 12.0. The summed E-state index contributed by atoms with van der Waals surface area (Å²) in [5, 5.41) is 0. The van der Waals surface area contributed by atoms with Crippen molar-refractivity contribution in [3.8, 4) is 0 Å². The summed E-state index contributed by atoms with van der Waals surface area (Å²) in [6.07, 6.45) is 3.82. The predicted octanol–water partition coefficient (Wildman–Crippen LogP) is 3.29. The summed E-state index contributed by atoms with van der Waals surface area (Å²) in [7, 11) is 0. The van der Waals surface area contributed by atoms with Crippen molar-refractivity contribution in [2.45, 2.75) is 65.9 Å². The number of ether oxygens (including phenoxy) is 14. The molecule has 16 heteroatoms. The Labute approximate surface area is 324 Å². The molecule has 0 aromatic rings. The number of rotatable bonds is 43. The Morgan fingerprint density at radius 1 is 0.426 bits per heavy atom. The Morgan fingerprint density at radius 3 is 0.963 bits per heavy atom. The molecule has 0 amide bonds. The third-order valence-corrected chi connectivity index (χ3v) is 6.94. The fraction of sp³-hybridized carbons (Fsp3) is 0.947. The first-order valence-corrected chi connectivity index (χ1v) is 19.6. The van der Waals surface area contributed by atoms with Crippen molar-refractivity contribution in [1.29, 1.82) is 0 Å². The van der Waals surface area contributed by atoms with E-state index in [9.17, 15) is 9.59 Å². The van der Waals surface area contributed by atoms with Gasteiger partial charge in [0.15, 0.2) is 0 Å². The van der Waals surface area contributed by atoms with Gasteiger partial charge in [0, 0.05) is 0 Å². The second-order valence-corrected chi connectivity index (χ2v) is 12.8. The summed E-state index contributed by atoms with van der Waals surface area (Å²) >= 11 is 0. The third kappa shape index (κ3) is 41.6. The smallest absolute Gasteiger partial charge is 0.332 e. The van der Waals surface area contributed by atoms with Crippen LogP contribution in [0.25, 0.3) is 0 Å². The molecule has 0 radical (unpaired) electrons. The molecule has 54 heavy (non-hydrogen) atoms. The molecule has 0 spiro atoms. The van der Waals surface area contributed by atoms with Crippen LogP contribution >= 0.6 is 0 Å². The topological polar surface area (TPSA) is 163 Å². The van der Waals surface area contributed by atoms with Crippen LogP contribution in [0.1, 0.15) is 60.3 Å². The van der Waals surface area contributed by atoms with E-state index in [0.29, 0.717) is 152 Å². The summed E-state index contributed by atoms with van der Waals surface area (Å²) in [5.74, 6) is -0.524. The molecule has 322 valence electrons. The first kappa shape index (κ1) is 52.5.